The van der Waals surface area contributed by atoms with Crippen LogP contribution in [-0.2, 0) is 4.74 Å². The fourth-order valence-corrected chi connectivity index (χ4v) is 3.90. The molecule has 0 aliphatic carbocycles. The van der Waals surface area contributed by atoms with Gasteiger partial charge in [0.2, 0.25) is 0 Å². The van der Waals surface area contributed by atoms with E-state index in [1.807, 2.05) is 30.3 Å². The first-order valence-corrected chi connectivity index (χ1v) is 9.46. The van der Waals surface area contributed by atoms with Gasteiger partial charge in [0, 0.05) is 18.7 Å². The zero-order valence-corrected chi connectivity index (χ0v) is 15.3. The number of carbonyl (C=O) groups is 1. The first-order chi connectivity index (χ1) is 13.1. The van der Waals surface area contributed by atoms with Crippen LogP contribution in [0.25, 0.3) is 11.3 Å². The van der Waals surface area contributed by atoms with Crippen LogP contribution in [0.2, 0.25) is 0 Å². The van der Waals surface area contributed by atoms with Gasteiger partial charge >= 0.3 is 0 Å². The van der Waals surface area contributed by atoms with Crippen LogP contribution in [0.5, 0.6) is 0 Å². The van der Waals surface area contributed by atoms with Gasteiger partial charge in [0.05, 0.1) is 26.0 Å². The summed E-state index contributed by atoms with van der Waals surface area (Å²) in [5.74, 6) is 0.259. The maximum absolute atomic E-state index is 13.2. The minimum atomic E-state index is -1.07. The Hall–Kier alpha value is -2.22. The van der Waals surface area contributed by atoms with Crippen molar-refractivity contribution in [3.63, 3.8) is 0 Å². The third-order valence-electron chi connectivity index (χ3n) is 5.20. The maximum Gasteiger partial charge on any atom is 0.259 e. The number of hydrogen-bond acceptors (Lipinski definition) is 6. The van der Waals surface area contributed by atoms with Crippen LogP contribution in [0, 0.1) is 0 Å². The van der Waals surface area contributed by atoms with E-state index in [0.29, 0.717) is 31.0 Å². The highest BCUT2D eigenvalue weighted by Crippen LogP contribution is 2.26. The van der Waals surface area contributed by atoms with Gasteiger partial charge in [-0.15, -0.1) is 0 Å². The van der Waals surface area contributed by atoms with Gasteiger partial charge in [0.1, 0.15) is 11.2 Å². The summed E-state index contributed by atoms with van der Waals surface area (Å²) in [4.78, 5) is 17.1. The second-order valence-electron chi connectivity index (χ2n) is 7.42. The molecule has 0 radical (unpaired) electrons. The van der Waals surface area contributed by atoms with E-state index in [9.17, 15) is 9.90 Å². The molecule has 0 unspecified atom stereocenters. The van der Waals surface area contributed by atoms with Crippen molar-refractivity contribution in [1.29, 1.82) is 0 Å². The minimum Gasteiger partial charge on any atom is -0.384 e. The molecule has 2 saturated heterocycles. The zero-order valence-electron chi connectivity index (χ0n) is 15.3. The number of likely N-dealkylation sites (tertiary alicyclic amines) is 1. The van der Waals surface area contributed by atoms with Crippen molar-refractivity contribution >= 4 is 5.91 Å². The molecule has 1 N–H and O–H groups in total. The maximum atomic E-state index is 13.2. The van der Waals surface area contributed by atoms with E-state index in [1.54, 1.807) is 4.90 Å². The van der Waals surface area contributed by atoms with E-state index in [4.69, 9.17) is 9.26 Å². The molecule has 0 bridgehead atoms. The molecule has 1 aromatic heterocycles. The standard InChI is InChI=1S/C20H25N3O4/c24-19(17-12-21-27-18(17)16-6-2-1-3-7-16)23-10-11-26-15-20(25,14-23)13-22-8-4-5-9-22/h1-3,6-7,12,25H,4-5,8-11,13-15H2/t20-/m0/s1. The van der Waals surface area contributed by atoms with Crippen molar-refractivity contribution < 1.29 is 19.2 Å². The number of nitrogens with zero attached hydrogens (tertiary/aromatic N) is 3. The number of ether oxygens (including phenoxy) is 1. The Balaban J connectivity index is 1.53. The molecule has 3 heterocycles. The van der Waals surface area contributed by atoms with Crippen LogP contribution in [0.1, 0.15) is 23.2 Å². The lowest BCUT2D eigenvalue weighted by Gasteiger charge is -2.33. The summed E-state index contributed by atoms with van der Waals surface area (Å²) in [6, 6.07) is 9.45. The number of hydrogen-bond donors (Lipinski definition) is 1. The normalized spacial score (nSPS) is 24.1. The predicted molar refractivity (Wildman–Crippen MR) is 99.3 cm³/mol. The number of rotatable bonds is 4. The van der Waals surface area contributed by atoms with Crippen molar-refractivity contribution in [3.8, 4) is 11.3 Å². The number of β-amino-alcohol motifs (C(OH)–C–C–N with tert-alkyl or cyclic N) is 1. The van der Waals surface area contributed by atoms with Crippen LogP contribution in [-0.4, -0.2) is 77.5 Å². The van der Waals surface area contributed by atoms with E-state index in [0.717, 1.165) is 31.5 Å². The van der Waals surface area contributed by atoms with E-state index in [-0.39, 0.29) is 19.1 Å². The third kappa shape index (κ3) is 4.05. The quantitative estimate of drug-likeness (QED) is 0.880. The van der Waals surface area contributed by atoms with Gasteiger partial charge in [-0.3, -0.25) is 4.79 Å². The molecule has 0 saturated carbocycles. The Morgan fingerprint density at radius 2 is 1.96 bits per heavy atom. The van der Waals surface area contributed by atoms with Gasteiger partial charge in [0.15, 0.2) is 5.76 Å². The molecule has 144 valence electrons. The summed E-state index contributed by atoms with van der Waals surface area (Å²) in [6.07, 6.45) is 3.76. The molecule has 2 aromatic rings. The van der Waals surface area contributed by atoms with Crippen molar-refractivity contribution in [2.75, 3.05) is 45.9 Å². The molecule has 2 aliphatic heterocycles. The van der Waals surface area contributed by atoms with Crippen LogP contribution < -0.4 is 0 Å². The summed E-state index contributed by atoms with van der Waals surface area (Å²) in [6.45, 7) is 3.80. The van der Waals surface area contributed by atoms with Crippen LogP contribution >= 0.6 is 0 Å². The molecule has 1 aromatic carbocycles. The Bertz CT molecular complexity index is 773. The highest BCUT2D eigenvalue weighted by atomic mass is 16.5. The minimum absolute atomic E-state index is 0.194. The highest BCUT2D eigenvalue weighted by molar-refractivity contribution is 5.99. The van der Waals surface area contributed by atoms with Crippen LogP contribution in [0.15, 0.2) is 41.1 Å². The molecule has 2 fully saturated rings. The molecule has 0 spiro atoms. The summed E-state index contributed by atoms with van der Waals surface area (Å²) >= 11 is 0. The average molecular weight is 371 g/mol. The van der Waals surface area contributed by atoms with Gasteiger partial charge < -0.3 is 24.2 Å². The Morgan fingerprint density at radius 3 is 2.74 bits per heavy atom. The van der Waals surface area contributed by atoms with E-state index < -0.39 is 5.60 Å². The zero-order chi connectivity index (χ0) is 18.7. The fourth-order valence-electron chi connectivity index (χ4n) is 3.90. The van der Waals surface area contributed by atoms with Crippen molar-refractivity contribution in [1.82, 2.24) is 15.0 Å². The molecule has 27 heavy (non-hydrogen) atoms. The Labute approximate surface area is 158 Å². The van der Waals surface area contributed by atoms with Crippen molar-refractivity contribution in [2.45, 2.75) is 18.4 Å². The summed E-state index contributed by atoms with van der Waals surface area (Å²) in [7, 11) is 0. The van der Waals surface area contributed by atoms with Gasteiger partial charge in [-0.05, 0) is 25.9 Å². The lowest BCUT2D eigenvalue weighted by atomic mass is 10.0. The number of aromatic nitrogens is 1. The second-order valence-corrected chi connectivity index (χ2v) is 7.42. The third-order valence-corrected chi connectivity index (χ3v) is 5.20. The van der Waals surface area contributed by atoms with Gasteiger partial charge in [-0.1, -0.05) is 35.5 Å². The molecular formula is C20H25N3O4. The summed E-state index contributed by atoms with van der Waals surface area (Å²) in [5.41, 5.74) is 0.143. The monoisotopic (exact) mass is 371 g/mol. The van der Waals surface area contributed by atoms with Crippen molar-refractivity contribution in [2.24, 2.45) is 0 Å². The first-order valence-electron chi connectivity index (χ1n) is 9.46. The number of amides is 1. The smallest absolute Gasteiger partial charge is 0.259 e. The lowest BCUT2D eigenvalue weighted by Crippen LogP contribution is -2.53. The molecule has 1 atom stereocenters. The van der Waals surface area contributed by atoms with Gasteiger partial charge in [-0.2, -0.15) is 0 Å². The van der Waals surface area contributed by atoms with Crippen LogP contribution in [0.3, 0.4) is 0 Å². The fraction of sp³-hybridized carbons (Fsp3) is 0.500. The van der Waals surface area contributed by atoms with Crippen molar-refractivity contribution in [3.05, 3.63) is 42.1 Å². The second kappa shape index (κ2) is 7.80. The summed E-state index contributed by atoms with van der Waals surface area (Å²) in [5, 5.41) is 14.9. The van der Waals surface area contributed by atoms with E-state index in [2.05, 4.69) is 10.1 Å². The molecule has 7 heteroatoms. The van der Waals surface area contributed by atoms with Gasteiger partial charge in [-0.25, -0.2) is 0 Å². The molecule has 1 amide bonds. The highest BCUT2D eigenvalue weighted by Gasteiger charge is 2.37. The largest absolute Gasteiger partial charge is 0.384 e. The first kappa shape index (κ1) is 18.2. The number of aliphatic hydroxyl groups is 1. The number of carbonyl (C=O) groups excluding carboxylic acids is 1. The summed E-state index contributed by atoms with van der Waals surface area (Å²) < 4.78 is 11.0. The topological polar surface area (TPSA) is 79.0 Å². The number of benzene rings is 1. The van der Waals surface area contributed by atoms with E-state index >= 15 is 0 Å². The molecule has 4 rings (SSSR count). The predicted octanol–water partition coefficient (Wildman–Crippen LogP) is 1.64. The van der Waals surface area contributed by atoms with Crippen LogP contribution in [0.4, 0.5) is 0 Å². The molecule has 2 aliphatic rings. The Kier molecular flexibility index (Phi) is 5.24. The Morgan fingerprint density at radius 1 is 1.19 bits per heavy atom. The SMILES string of the molecule is O=C(c1cnoc1-c1ccccc1)N1CCOC[C@](O)(CN2CCCC2)C1. The van der Waals surface area contributed by atoms with Gasteiger partial charge in [0.25, 0.3) is 5.91 Å². The van der Waals surface area contributed by atoms with E-state index in [1.165, 1.54) is 6.20 Å². The average Bonchev–Trinajstić information content (AvgIpc) is 3.32. The molecule has 7 nitrogen and oxygen atoms in total. The molecular weight excluding hydrogens is 346 g/mol. The lowest BCUT2D eigenvalue weighted by molar-refractivity contribution is -0.0524.